The molecule has 0 N–H and O–H groups in total. The van der Waals surface area contributed by atoms with Crippen molar-refractivity contribution in [1.82, 2.24) is 4.98 Å². The first-order valence-electron chi connectivity index (χ1n) is 4.16. The van der Waals surface area contributed by atoms with Crippen LogP contribution in [-0.4, -0.2) is 17.4 Å². The Morgan fingerprint density at radius 2 is 2.38 bits per heavy atom. The fraction of sp³-hybridized carbons (Fsp3) is 0.200. The Kier molecular flexibility index (Phi) is 2.08. The highest BCUT2D eigenvalue weighted by molar-refractivity contribution is 6.06. The summed E-state index contributed by atoms with van der Waals surface area (Å²) in [5.74, 6) is 0.303. The quantitative estimate of drug-likeness (QED) is 0.640. The van der Waals surface area contributed by atoms with Crippen LogP contribution in [-0.2, 0) is 4.74 Å². The van der Waals surface area contributed by atoms with Crippen molar-refractivity contribution >= 4 is 5.78 Å². The Hall–Kier alpha value is -1.64. The second-order valence-corrected chi connectivity index (χ2v) is 2.75. The highest BCUT2D eigenvalue weighted by atomic mass is 16.5. The minimum atomic E-state index is -0.127. The lowest BCUT2D eigenvalue weighted by Crippen LogP contribution is -2.05. The van der Waals surface area contributed by atoms with Crippen molar-refractivity contribution in [2.24, 2.45) is 0 Å². The Morgan fingerprint density at radius 1 is 1.46 bits per heavy atom. The summed E-state index contributed by atoms with van der Waals surface area (Å²) >= 11 is 0. The number of allylic oxidation sites excluding steroid dienone is 1. The number of carbonyl (C=O) groups excluding carboxylic acids is 1. The summed E-state index contributed by atoms with van der Waals surface area (Å²) in [7, 11) is 0. The van der Waals surface area contributed by atoms with E-state index in [1.807, 2.05) is 0 Å². The van der Waals surface area contributed by atoms with Crippen LogP contribution in [0.5, 0.6) is 0 Å². The molecule has 0 spiro atoms. The number of hydrogen-bond acceptors (Lipinski definition) is 3. The highest BCUT2D eigenvalue weighted by Gasteiger charge is 2.17. The van der Waals surface area contributed by atoms with E-state index in [9.17, 15) is 4.79 Å². The molecule has 1 aliphatic rings. The molecule has 0 fully saturated rings. The van der Waals surface area contributed by atoms with Crippen LogP contribution in [0, 0.1) is 0 Å². The third kappa shape index (κ3) is 1.59. The molecule has 1 aliphatic heterocycles. The smallest absolute Gasteiger partial charge is 0.245 e. The van der Waals surface area contributed by atoms with E-state index in [1.54, 1.807) is 30.5 Å². The minimum Gasteiger partial charge on any atom is -0.489 e. The van der Waals surface area contributed by atoms with Gasteiger partial charge in [0, 0.05) is 12.6 Å². The van der Waals surface area contributed by atoms with E-state index in [2.05, 4.69) is 4.98 Å². The van der Waals surface area contributed by atoms with Gasteiger partial charge in [-0.1, -0.05) is 6.07 Å². The molecule has 3 heteroatoms. The molecule has 2 rings (SSSR count). The second kappa shape index (κ2) is 3.39. The van der Waals surface area contributed by atoms with Gasteiger partial charge in [-0.2, -0.15) is 0 Å². The van der Waals surface area contributed by atoms with Crippen molar-refractivity contribution in [1.29, 1.82) is 0 Å². The van der Waals surface area contributed by atoms with Crippen molar-refractivity contribution in [2.45, 2.75) is 6.42 Å². The number of hydrogen-bond donors (Lipinski definition) is 0. The van der Waals surface area contributed by atoms with Crippen molar-refractivity contribution in [3.8, 4) is 0 Å². The maximum Gasteiger partial charge on any atom is 0.245 e. The summed E-state index contributed by atoms with van der Waals surface area (Å²) in [4.78, 5) is 15.5. The number of nitrogens with zero attached hydrogens (tertiary/aromatic N) is 1. The van der Waals surface area contributed by atoms with Crippen LogP contribution in [0.15, 0.2) is 36.2 Å². The average molecular weight is 175 g/mol. The van der Waals surface area contributed by atoms with Gasteiger partial charge in [0.05, 0.1) is 6.61 Å². The molecule has 0 saturated heterocycles. The van der Waals surface area contributed by atoms with Gasteiger partial charge >= 0.3 is 0 Å². The monoisotopic (exact) mass is 175 g/mol. The number of rotatable bonds is 2. The van der Waals surface area contributed by atoms with Crippen LogP contribution in [0.3, 0.4) is 0 Å². The molecular formula is C10H9NO2. The molecule has 13 heavy (non-hydrogen) atoms. The van der Waals surface area contributed by atoms with Gasteiger partial charge in [-0.25, -0.2) is 0 Å². The van der Waals surface area contributed by atoms with E-state index < -0.39 is 0 Å². The van der Waals surface area contributed by atoms with Crippen LogP contribution in [0.25, 0.3) is 0 Å². The standard InChI is InChI=1S/C10H9NO2/c12-10(9-5-3-7-13-9)8-4-1-2-6-11-8/h1-2,4-6H,3,7H2. The lowest BCUT2D eigenvalue weighted by Gasteiger charge is -2.00. The van der Waals surface area contributed by atoms with Crippen LogP contribution in [0.4, 0.5) is 0 Å². The number of pyridine rings is 1. The Balaban J connectivity index is 2.23. The highest BCUT2D eigenvalue weighted by Crippen LogP contribution is 2.13. The fourth-order valence-electron chi connectivity index (χ4n) is 1.20. The van der Waals surface area contributed by atoms with Gasteiger partial charge in [-0.15, -0.1) is 0 Å². The molecular weight excluding hydrogens is 166 g/mol. The summed E-state index contributed by atoms with van der Waals surface area (Å²) in [5.41, 5.74) is 0.440. The molecule has 0 bridgehead atoms. The largest absolute Gasteiger partial charge is 0.489 e. The third-order valence-electron chi connectivity index (χ3n) is 1.83. The van der Waals surface area contributed by atoms with E-state index in [0.717, 1.165) is 6.42 Å². The molecule has 0 atom stereocenters. The fourth-order valence-corrected chi connectivity index (χ4v) is 1.20. The lowest BCUT2D eigenvalue weighted by molar-refractivity contribution is 0.0937. The molecule has 1 aromatic heterocycles. The molecule has 0 radical (unpaired) electrons. The average Bonchev–Trinajstić information content (AvgIpc) is 2.71. The van der Waals surface area contributed by atoms with E-state index in [1.165, 1.54) is 0 Å². The van der Waals surface area contributed by atoms with Crippen LogP contribution in [0.1, 0.15) is 16.9 Å². The molecule has 3 nitrogen and oxygen atoms in total. The summed E-state index contributed by atoms with van der Waals surface area (Å²) in [5, 5.41) is 0. The van der Waals surface area contributed by atoms with Crippen LogP contribution < -0.4 is 0 Å². The second-order valence-electron chi connectivity index (χ2n) is 2.75. The molecule has 2 heterocycles. The van der Waals surface area contributed by atoms with Gasteiger partial charge in [-0.05, 0) is 18.2 Å². The van der Waals surface area contributed by atoms with Gasteiger partial charge in [0.15, 0.2) is 5.76 Å². The number of carbonyl (C=O) groups is 1. The van der Waals surface area contributed by atoms with E-state index in [4.69, 9.17) is 4.74 Å². The Bertz CT molecular complexity index is 343. The third-order valence-corrected chi connectivity index (χ3v) is 1.83. The molecule has 0 amide bonds. The van der Waals surface area contributed by atoms with E-state index >= 15 is 0 Å². The van der Waals surface area contributed by atoms with Gasteiger partial charge < -0.3 is 4.74 Å². The van der Waals surface area contributed by atoms with Gasteiger partial charge in [-0.3, -0.25) is 9.78 Å². The maximum atomic E-state index is 11.6. The Morgan fingerprint density at radius 3 is 3.00 bits per heavy atom. The molecule has 66 valence electrons. The maximum absolute atomic E-state index is 11.6. The van der Waals surface area contributed by atoms with E-state index in [0.29, 0.717) is 18.1 Å². The van der Waals surface area contributed by atoms with Crippen LogP contribution >= 0.6 is 0 Å². The lowest BCUT2D eigenvalue weighted by atomic mass is 10.2. The molecule has 0 aliphatic carbocycles. The Labute approximate surface area is 76.1 Å². The van der Waals surface area contributed by atoms with Gasteiger partial charge in [0.25, 0.3) is 0 Å². The van der Waals surface area contributed by atoms with Crippen molar-refractivity contribution < 1.29 is 9.53 Å². The molecule has 0 unspecified atom stereocenters. The summed E-state index contributed by atoms with van der Waals surface area (Å²) < 4.78 is 5.14. The number of ether oxygens (including phenoxy) is 1. The normalized spacial score (nSPS) is 14.9. The summed E-state index contributed by atoms with van der Waals surface area (Å²) in [6.07, 6.45) is 4.22. The molecule has 1 aromatic rings. The van der Waals surface area contributed by atoms with Crippen molar-refractivity contribution in [2.75, 3.05) is 6.61 Å². The molecule has 0 aromatic carbocycles. The first kappa shape index (κ1) is 7.98. The van der Waals surface area contributed by atoms with Gasteiger partial charge in [0.2, 0.25) is 5.78 Å². The van der Waals surface area contributed by atoms with Crippen molar-refractivity contribution in [3.05, 3.63) is 41.9 Å². The number of ketones is 1. The summed E-state index contributed by atoms with van der Waals surface area (Å²) in [6, 6.07) is 5.25. The zero-order valence-electron chi connectivity index (χ0n) is 7.06. The first-order valence-corrected chi connectivity index (χ1v) is 4.16. The first-order chi connectivity index (χ1) is 6.38. The zero-order chi connectivity index (χ0) is 9.10. The number of Topliss-reactive ketones (excluding diaryl/α,β-unsaturated/α-hetero) is 1. The van der Waals surface area contributed by atoms with E-state index in [-0.39, 0.29) is 5.78 Å². The topological polar surface area (TPSA) is 39.2 Å². The molecule has 0 saturated carbocycles. The number of aromatic nitrogens is 1. The van der Waals surface area contributed by atoms with Crippen LogP contribution in [0.2, 0.25) is 0 Å². The predicted octanol–water partition coefficient (Wildman–Crippen LogP) is 1.57. The minimum absolute atomic E-state index is 0.127. The van der Waals surface area contributed by atoms with Crippen molar-refractivity contribution in [3.63, 3.8) is 0 Å². The SMILES string of the molecule is O=C(C1=CCCO1)c1ccccn1. The van der Waals surface area contributed by atoms with Gasteiger partial charge in [0.1, 0.15) is 5.69 Å². The predicted molar refractivity (Wildman–Crippen MR) is 47.2 cm³/mol. The zero-order valence-corrected chi connectivity index (χ0v) is 7.06. The summed E-state index contributed by atoms with van der Waals surface area (Å²) in [6.45, 7) is 0.605.